The Morgan fingerprint density at radius 1 is 1.29 bits per heavy atom. The highest BCUT2D eigenvalue weighted by molar-refractivity contribution is 5.88. The van der Waals surface area contributed by atoms with Crippen molar-refractivity contribution in [3.63, 3.8) is 0 Å². The zero-order valence-corrected chi connectivity index (χ0v) is 9.74. The van der Waals surface area contributed by atoms with E-state index in [1.807, 2.05) is 19.1 Å². The summed E-state index contributed by atoms with van der Waals surface area (Å²) >= 11 is 0. The topological polar surface area (TPSA) is 67.8 Å². The fourth-order valence-corrected chi connectivity index (χ4v) is 2.04. The average molecular weight is 227 g/mol. The van der Waals surface area contributed by atoms with Crippen LogP contribution in [0.2, 0.25) is 0 Å². The molecule has 0 amide bonds. The van der Waals surface area contributed by atoms with Gasteiger partial charge in [-0.05, 0) is 31.0 Å². The van der Waals surface area contributed by atoms with Crippen LogP contribution in [0.25, 0.3) is 22.1 Å². The normalized spacial score (nSPS) is 11.2. The molecule has 2 aromatic heterocycles. The quantitative estimate of drug-likeness (QED) is 0.671. The number of nitrogens with one attached hydrogen (secondary N) is 1. The van der Waals surface area contributed by atoms with Crippen LogP contribution in [-0.4, -0.2) is 10.2 Å². The maximum atomic E-state index is 5.80. The number of H-pyrrole nitrogens is 1. The molecule has 0 fully saturated rings. The Labute approximate surface area is 98.4 Å². The van der Waals surface area contributed by atoms with E-state index in [0.29, 0.717) is 5.82 Å². The molecule has 0 bridgehead atoms. The fourth-order valence-electron chi connectivity index (χ4n) is 2.04. The Hall–Kier alpha value is -2.23. The average Bonchev–Trinajstić information content (AvgIpc) is 2.84. The van der Waals surface area contributed by atoms with Crippen molar-refractivity contribution in [3.05, 3.63) is 35.7 Å². The smallest absolute Gasteiger partial charge is 0.135 e. The molecular weight excluding hydrogens is 214 g/mol. The molecule has 0 radical (unpaired) electrons. The van der Waals surface area contributed by atoms with Crippen LogP contribution in [0.5, 0.6) is 0 Å². The molecule has 86 valence electrons. The van der Waals surface area contributed by atoms with Gasteiger partial charge in [-0.3, -0.25) is 5.10 Å². The second-order valence-corrected chi connectivity index (χ2v) is 4.19. The molecule has 3 N–H and O–H groups in total. The lowest BCUT2D eigenvalue weighted by Crippen LogP contribution is -1.87. The lowest BCUT2D eigenvalue weighted by molar-refractivity contribution is 0.575. The van der Waals surface area contributed by atoms with Crippen LogP contribution >= 0.6 is 0 Å². The number of fused-ring (bicyclic) bond motifs is 1. The number of aromatic nitrogens is 2. The summed E-state index contributed by atoms with van der Waals surface area (Å²) in [6.07, 6.45) is 1.72. The summed E-state index contributed by atoms with van der Waals surface area (Å²) < 4.78 is 5.71. The first-order valence-electron chi connectivity index (χ1n) is 5.46. The summed E-state index contributed by atoms with van der Waals surface area (Å²) in [6, 6.07) is 6.09. The predicted octanol–water partition coefficient (Wildman–Crippen LogP) is 3.02. The fraction of sp³-hybridized carbons (Fsp3) is 0.154. The highest BCUT2D eigenvalue weighted by Crippen LogP contribution is 2.30. The van der Waals surface area contributed by atoms with Gasteiger partial charge in [0.15, 0.2) is 0 Å². The maximum Gasteiger partial charge on any atom is 0.135 e. The molecule has 1 aromatic carbocycles. The number of hydrogen-bond donors (Lipinski definition) is 2. The monoisotopic (exact) mass is 227 g/mol. The molecule has 0 unspecified atom stereocenters. The number of benzene rings is 1. The van der Waals surface area contributed by atoms with Gasteiger partial charge < -0.3 is 10.2 Å². The van der Waals surface area contributed by atoms with Crippen LogP contribution in [-0.2, 0) is 0 Å². The number of hydrogen-bond acceptors (Lipinski definition) is 3. The summed E-state index contributed by atoms with van der Waals surface area (Å²) in [5.74, 6) is 1.53. The van der Waals surface area contributed by atoms with Gasteiger partial charge in [0, 0.05) is 10.9 Å². The molecule has 0 spiro atoms. The Bertz CT molecular complexity index is 694. The number of nitrogens with zero attached hydrogens (tertiary/aromatic N) is 1. The van der Waals surface area contributed by atoms with Gasteiger partial charge in [-0.15, -0.1) is 0 Å². The van der Waals surface area contributed by atoms with Gasteiger partial charge in [0.25, 0.3) is 0 Å². The van der Waals surface area contributed by atoms with Crippen molar-refractivity contribution in [1.29, 1.82) is 0 Å². The number of nitrogen functional groups attached to an aromatic ring is 1. The number of rotatable bonds is 1. The van der Waals surface area contributed by atoms with Crippen molar-refractivity contribution in [2.24, 2.45) is 0 Å². The van der Waals surface area contributed by atoms with Gasteiger partial charge in [0.2, 0.25) is 0 Å². The number of anilines is 1. The molecule has 3 rings (SSSR count). The minimum atomic E-state index is 0.573. The number of aryl methyl sites for hydroxylation is 2. The molecule has 17 heavy (non-hydrogen) atoms. The van der Waals surface area contributed by atoms with Crippen LogP contribution in [0.1, 0.15) is 11.3 Å². The molecule has 0 aliphatic carbocycles. The molecule has 0 aliphatic rings. The zero-order valence-electron chi connectivity index (χ0n) is 9.74. The number of furan rings is 1. The van der Waals surface area contributed by atoms with E-state index in [1.165, 1.54) is 5.56 Å². The first-order chi connectivity index (χ1) is 8.16. The molecule has 4 heteroatoms. The van der Waals surface area contributed by atoms with Crippen molar-refractivity contribution >= 4 is 16.8 Å². The third-order valence-corrected chi connectivity index (χ3v) is 3.16. The Balaban J connectivity index is 2.24. The van der Waals surface area contributed by atoms with E-state index in [-0.39, 0.29) is 0 Å². The van der Waals surface area contributed by atoms with Gasteiger partial charge >= 0.3 is 0 Å². The summed E-state index contributed by atoms with van der Waals surface area (Å²) in [6.45, 7) is 4.04. The maximum absolute atomic E-state index is 5.80. The molecule has 4 nitrogen and oxygen atoms in total. The first-order valence-corrected chi connectivity index (χ1v) is 5.46. The van der Waals surface area contributed by atoms with E-state index in [9.17, 15) is 0 Å². The van der Waals surface area contributed by atoms with Crippen molar-refractivity contribution in [2.75, 3.05) is 5.73 Å². The van der Waals surface area contributed by atoms with Gasteiger partial charge in [-0.1, -0.05) is 12.1 Å². The third kappa shape index (κ3) is 1.41. The first kappa shape index (κ1) is 9.96. The Morgan fingerprint density at radius 3 is 2.82 bits per heavy atom. The molecule has 0 saturated carbocycles. The van der Waals surface area contributed by atoms with Crippen molar-refractivity contribution in [3.8, 4) is 11.1 Å². The SMILES string of the molecule is Cc1oc2cc(-c3cn[nH]c3N)ccc2c1C. The third-order valence-electron chi connectivity index (χ3n) is 3.16. The number of nitrogens with two attached hydrogens (primary N) is 1. The van der Waals surface area contributed by atoms with Crippen LogP contribution < -0.4 is 5.73 Å². The lowest BCUT2D eigenvalue weighted by atomic mass is 10.1. The molecule has 0 atom stereocenters. The second kappa shape index (κ2) is 3.38. The van der Waals surface area contributed by atoms with Crippen molar-refractivity contribution < 1.29 is 4.42 Å². The molecule has 0 aliphatic heterocycles. The van der Waals surface area contributed by atoms with Crippen LogP contribution in [0, 0.1) is 13.8 Å². The Morgan fingerprint density at radius 2 is 2.12 bits per heavy atom. The molecule has 3 aromatic rings. The standard InChI is InChI=1S/C13H13N3O/c1-7-8(2)17-12-5-9(3-4-10(7)12)11-6-15-16-13(11)14/h3-6H,1-2H3,(H3,14,15,16). The summed E-state index contributed by atoms with van der Waals surface area (Å²) in [5.41, 5.74) is 9.79. The van der Waals surface area contributed by atoms with Crippen LogP contribution in [0.4, 0.5) is 5.82 Å². The van der Waals surface area contributed by atoms with Crippen molar-refractivity contribution in [2.45, 2.75) is 13.8 Å². The predicted molar refractivity (Wildman–Crippen MR) is 67.7 cm³/mol. The van der Waals surface area contributed by atoms with Crippen molar-refractivity contribution in [1.82, 2.24) is 10.2 Å². The number of aromatic amines is 1. The highest BCUT2D eigenvalue weighted by atomic mass is 16.3. The van der Waals surface area contributed by atoms with Crippen LogP contribution in [0.15, 0.2) is 28.8 Å². The molecule has 2 heterocycles. The van der Waals surface area contributed by atoms with E-state index in [2.05, 4.69) is 23.2 Å². The molecular formula is C13H13N3O. The second-order valence-electron chi connectivity index (χ2n) is 4.19. The van der Waals surface area contributed by atoms with Gasteiger partial charge in [-0.2, -0.15) is 5.10 Å². The minimum Gasteiger partial charge on any atom is -0.461 e. The van der Waals surface area contributed by atoms with Gasteiger partial charge in [-0.25, -0.2) is 0 Å². The zero-order chi connectivity index (χ0) is 12.0. The van der Waals surface area contributed by atoms with E-state index in [4.69, 9.17) is 10.2 Å². The molecule has 0 saturated heterocycles. The van der Waals surface area contributed by atoms with E-state index >= 15 is 0 Å². The summed E-state index contributed by atoms with van der Waals surface area (Å²) in [7, 11) is 0. The van der Waals surface area contributed by atoms with E-state index < -0.39 is 0 Å². The van der Waals surface area contributed by atoms with E-state index in [1.54, 1.807) is 6.20 Å². The lowest BCUT2D eigenvalue weighted by Gasteiger charge is -1.99. The van der Waals surface area contributed by atoms with Gasteiger partial charge in [0.1, 0.15) is 17.2 Å². The highest BCUT2D eigenvalue weighted by Gasteiger charge is 2.10. The minimum absolute atomic E-state index is 0.573. The Kier molecular flexibility index (Phi) is 1.98. The van der Waals surface area contributed by atoms with E-state index in [0.717, 1.165) is 27.9 Å². The summed E-state index contributed by atoms with van der Waals surface area (Å²) in [4.78, 5) is 0. The summed E-state index contributed by atoms with van der Waals surface area (Å²) in [5, 5.41) is 7.80. The van der Waals surface area contributed by atoms with Gasteiger partial charge in [0.05, 0.1) is 6.20 Å². The van der Waals surface area contributed by atoms with Crippen LogP contribution in [0.3, 0.4) is 0 Å². The largest absolute Gasteiger partial charge is 0.461 e.